The third kappa shape index (κ3) is 4.62. The standard InChI is InChI=1S/C19H20N2O4S/c1-2-12-5-8-15(20-10-12)16(22)11-25-14-6-3-13(4-7-14)9-17-18(23)21-19(24)26-17/h3-8,10,16-17,22H,2,9,11H2,1H3,(H,21,23,24)/i17D. The summed E-state index contributed by atoms with van der Waals surface area (Å²) in [5.41, 5.74) is 2.39. The average molecular weight is 373 g/mol. The molecular formula is C19H20N2O4S. The molecule has 3 rings (SSSR count). The molecule has 1 aromatic carbocycles. The van der Waals surface area contributed by atoms with Gasteiger partial charge in [0.2, 0.25) is 5.91 Å². The molecule has 136 valence electrons. The number of carbonyl (C=O) groups is 2. The zero-order valence-electron chi connectivity index (χ0n) is 15.3. The number of nitrogens with one attached hydrogen (secondary N) is 1. The molecule has 2 heterocycles. The maximum Gasteiger partial charge on any atom is 0.286 e. The van der Waals surface area contributed by atoms with Gasteiger partial charge in [-0.1, -0.05) is 36.9 Å². The second-order valence-electron chi connectivity index (χ2n) is 5.86. The Morgan fingerprint density at radius 2 is 2.00 bits per heavy atom. The summed E-state index contributed by atoms with van der Waals surface area (Å²) in [6, 6.07) is 10.6. The molecule has 6 nitrogen and oxygen atoms in total. The van der Waals surface area contributed by atoms with Gasteiger partial charge in [0.05, 0.1) is 12.3 Å². The van der Waals surface area contributed by atoms with E-state index in [0.29, 0.717) is 23.2 Å². The number of hydrogen-bond acceptors (Lipinski definition) is 6. The summed E-state index contributed by atoms with van der Waals surface area (Å²) in [4.78, 5) is 27.2. The van der Waals surface area contributed by atoms with Gasteiger partial charge in [0.15, 0.2) is 0 Å². The molecule has 2 unspecified atom stereocenters. The Morgan fingerprint density at radius 1 is 1.27 bits per heavy atom. The second-order valence-corrected chi connectivity index (χ2v) is 6.93. The van der Waals surface area contributed by atoms with Crippen LogP contribution in [-0.4, -0.2) is 33.1 Å². The highest BCUT2D eigenvalue weighted by Crippen LogP contribution is 2.24. The Balaban J connectivity index is 1.56. The molecule has 2 amide bonds. The minimum absolute atomic E-state index is 0.0625. The highest BCUT2D eigenvalue weighted by atomic mass is 32.2. The molecule has 1 aromatic heterocycles. The van der Waals surface area contributed by atoms with Crippen molar-refractivity contribution in [3.05, 3.63) is 59.4 Å². The van der Waals surface area contributed by atoms with Gasteiger partial charge in [-0.05, 0) is 42.2 Å². The van der Waals surface area contributed by atoms with Crippen molar-refractivity contribution in [2.24, 2.45) is 0 Å². The smallest absolute Gasteiger partial charge is 0.286 e. The number of nitrogens with zero attached hydrogens (tertiary/aromatic N) is 1. The first-order chi connectivity index (χ1) is 12.9. The van der Waals surface area contributed by atoms with Crippen LogP contribution < -0.4 is 10.1 Å². The molecule has 1 aliphatic heterocycles. The van der Waals surface area contributed by atoms with E-state index in [1.165, 1.54) is 0 Å². The molecule has 0 spiro atoms. The maximum absolute atomic E-state index is 11.7. The van der Waals surface area contributed by atoms with Crippen molar-refractivity contribution in [1.29, 1.82) is 0 Å². The van der Waals surface area contributed by atoms with Gasteiger partial charge in [0, 0.05) is 6.20 Å². The van der Waals surface area contributed by atoms with Gasteiger partial charge in [0.1, 0.15) is 18.5 Å². The number of amides is 2. The summed E-state index contributed by atoms with van der Waals surface area (Å²) < 4.78 is 13.7. The number of pyridine rings is 1. The molecule has 2 N–H and O–H groups in total. The topological polar surface area (TPSA) is 88.5 Å². The fourth-order valence-electron chi connectivity index (χ4n) is 2.45. The van der Waals surface area contributed by atoms with Gasteiger partial charge in [-0.2, -0.15) is 0 Å². The van der Waals surface area contributed by atoms with Crippen LogP contribution in [0.5, 0.6) is 5.75 Å². The fraction of sp³-hybridized carbons (Fsp3) is 0.316. The van der Waals surface area contributed by atoms with E-state index in [2.05, 4.69) is 10.3 Å². The van der Waals surface area contributed by atoms with Crippen molar-refractivity contribution in [1.82, 2.24) is 10.3 Å². The Labute approximate surface area is 157 Å². The van der Waals surface area contributed by atoms with Crippen molar-refractivity contribution >= 4 is 22.9 Å². The average Bonchev–Trinajstić information content (AvgIpc) is 2.92. The first kappa shape index (κ1) is 17.1. The van der Waals surface area contributed by atoms with Crippen LogP contribution in [0.2, 0.25) is 0 Å². The Hall–Kier alpha value is -2.38. The Morgan fingerprint density at radius 3 is 2.58 bits per heavy atom. The molecule has 2 aromatic rings. The van der Waals surface area contributed by atoms with Crippen molar-refractivity contribution in [2.75, 3.05) is 6.61 Å². The molecule has 0 radical (unpaired) electrons. The second kappa shape index (κ2) is 8.33. The fourth-order valence-corrected chi connectivity index (χ4v) is 3.20. The molecule has 0 aliphatic carbocycles. The molecule has 0 saturated carbocycles. The van der Waals surface area contributed by atoms with Crippen LogP contribution in [0.15, 0.2) is 42.6 Å². The summed E-state index contributed by atoms with van der Waals surface area (Å²) >= 11 is 0.685. The monoisotopic (exact) mass is 373 g/mol. The van der Waals surface area contributed by atoms with E-state index in [9.17, 15) is 14.7 Å². The van der Waals surface area contributed by atoms with Gasteiger partial charge >= 0.3 is 0 Å². The van der Waals surface area contributed by atoms with Gasteiger partial charge in [0.25, 0.3) is 5.24 Å². The SMILES string of the molecule is [2H]C1(Cc2ccc(OCC(O)c3ccc(CC)cn3)cc2)SC(=O)NC1=O. The van der Waals surface area contributed by atoms with E-state index in [1.807, 2.05) is 13.0 Å². The molecule has 7 heteroatoms. The normalized spacial score (nSPS) is 21.2. The molecule has 0 bridgehead atoms. The Kier molecular flexibility index (Phi) is 5.47. The van der Waals surface area contributed by atoms with E-state index in [1.54, 1.807) is 36.5 Å². The Bertz CT molecular complexity index is 829. The third-order valence-corrected chi connectivity index (χ3v) is 4.84. The summed E-state index contributed by atoms with van der Waals surface area (Å²) in [5.74, 6) is -0.0378. The zero-order valence-corrected chi connectivity index (χ0v) is 15.1. The van der Waals surface area contributed by atoms with Crippen LogP contribution >= 0.6 is 11.8 Å². The molecule has 1 fully saturated rings. The van der Waals surface area contributed by atoms with Gasteiger partial charge in [-0.15, -0.1) is 0 Å². The number of thioether (sulfide) groups is 1. The molecule has 26 heavy (non-hydrogen) atoms. The number of rotatable bonds is 7. The first-order valence-corrected chi connectivity index (χ1v) is 9.10. The number of imide groups is 1. The highest BCUT2D eigenvalue weighted by Gasteiger charge is 2.31. The van der Waals surface area contributed by atoms with Gasteiger partial charge < -0.3 is 9.84 Å². The first-order valence-electron chi connectivity index (χ1n) is 8.78. The number of aliphatic hydroxyl groups excluding tert-OH is 1. The van der Waals surface area contributed by atoms with Crippen molar-refractivity contribution in [3.63, 3.8) is 0 Å². The van der Waals surface area contributed by atoms with Crippen molar-refractivity contribution in [3.8, 4) is 5.75 Å². The number of ether oxygens (including phenoxy) is 1. The predicted molar refractivity (Wildman–Crippen MR) is 99.1 cm³/mol. The van der Waals surface area contributed by atoms with Crippen LogP contribution in [0, 0.1) is 0 Å². The number of aryl methyl sites for hydroxylation is 1. The lowest BCUT2D eigenvalue weighted by atomic mass is 10.1. The number of aromatic nitrogens is 1. The molecule has 1 saturated heterocycles. The van der Waals surface area contributed by atoms with Gasteiger partial charge in [-0.3, -0.25) is 19.9 Å². The number of benzene rings is 1. The maximum atomic E-state index is 11.7. The lowest BCUT2D eigenvalue weighted by molar-refractivity contribution is -0.118. The van der Waals surface area contributed by atoms with E-state index in [-0.39, 0.29) is 13.0 Å². The van der Waals surface area contributed by atoms with E-state index >= 15 is 0 Å². The van der Waals surface area contributed by atoms with Crippen molar-refractivity contribution in [2.45, 2.75) is 31.1 Å². The lowest BCUT2D eigenvalue weighted by Gasteiger charge is -2.13. The van der Waals surface area contributed by atoms with Crippen LogP contribution in [0.4, 0.5) is 4.79 Å². The summed E-state index contributed by atoms with van der Waals surface area (Å²) in [6.45, 7) is 2.10. The van der Waals surface area contributed by atoms with Crippen LogP contribution in [0.1, 0.15) is 31.2 Å². The minimum Gasteiger partial charge on any atom is -0.490 e. The number of aliphatic hydroxyl groups is 1. The largest absolute Gasteiger partial charge is 0.490 e. The molecule has 2 atom stereocenters. The number of hydrogen-bond donors (Lipinski definition) is 2. The molecular weight excluding hydrogens is 352 g/mol. The van der Waals surface area contributed by atoms with E-state index in [0.717, 1.165) is 17.5 Å². The lowest BCUT2D eigenvalue weighted by Crippen LogP contribution is -2.25. The van der Waals surface area contributed by atoms with Crippen LogP contribution in [-0.2, 0) is 17.6 Å². The van der Waals surface area contributed by atoms with E-state index < -0.39 is 22.5 Å². The quantitative estimate of drug-likeness (QED) is 0.776. The van der Waals surface area contributed by atoms with Crippen molar-refractivity contribution < 1.29 is 20.8 Å². The van der Waals surface area contributed by atoms with Crippen LogP contribution in [0.3, 0.4) is 0 Å². The zero-order chi connectivity index (χ0) is 19.4. The minimum atomic E-state index is -1.54. The number of carbonyl (C=O) groups excluding carboxylic acids is 2. The predicted octanol–water partition coefficient (Wildman–Crippen LogP) is 2.65. The summed E-state index contributed by atoms with van der Waals surface area (Å²) in [5, 5.41) is 10.3. The van der Waals surface area contributed by atoms with Crippen LogP contribution in [0.25, 0.3) is 0 Å². The van der Waals surface area contributed by atoms with Gasteiger partial charge in [-0.25, -0.2) is 0 Å². The molecule has 1 aliphatic rings. The summed E-state index contributed by atoms with van der Waals surface area (Å²) in [6.07, 6.45) is 1.91. The summed E-state index contributed by atoms with van der Waals surface area (Å²) in [7, 11) is 0. The third-order valence-electron chi connectivity index (χ3n) is 3.98. The van der Waals surface area contributed by atoms with E-state index in [4.69, 9.17) is 6.11 Å². The highest BCUT2D eigenvalue weighted by molar-refractivity contribution is 8.15.